The van der Waals surface area contributed by atoms with Gasteiger partial charge in [-0.3, -0.25) is 0 Å². The van der Waals surface area contributed by atoms with Crippen LogP contribution in [0.4, 0.5) is 0 Å². The van der Waals surface area contributed by atoms with Crippen molar-refractivity contribution in [1.82, 2.24) is 0 Å². The Labute approximate surface area is 125 Å². The molecule has 1 saturated carbocycles. The number of aliphatic hydroxyl groups is 1. The highest BCUT2D eigenvalue weighted by Crippen LogP contribution is 2.50. The molecule has 2 rings (SSSR count). The zero-order chi connectivity index (χ0) is 14.9. The third-order valence-corrected chi connectivity index (χ3v) is 4.87. The lowest BCUT2D eigenvalue weighted by molar-refractivity contribution is 0.0530. The van der Waals surface area contributed by atoms with Crippen LogP contribution in [0.15, 0.2) is 12.1 Å². The average Bonchev–Trinajstić information content (AvgIpc) is 2.77. The van der Waals surface area contributed by atoms with Crippen molar-refractivity contribution in [2.45, 2.75) is 39.2 Å². The predicted molar refractivity (Wildman–Crippen MR) is 80.6 cm³/mol. The van der Waals surface area contributed by atoms with Gasteiger partial charge in [0.25, 0.3) is 0 Å². The van der Waals surface area contributed by atoms with E-state index in [1.165, 1.54) is 0 Å². The zero-order valence-electron chi connectivity index (χ0n) is 12.6. The zero-order valence-corrected chi connectivity index (χ0v) is 13.3. The summed E-state index contributed by atoms with van der Waals surface area (Å²) in [5, 5.41) is 11.3. The van der Waals surface area contributed by atoms with Crippen LogP contribution in [0.5, 0.6) is 11.5 Å². The summed E-state index contributed by atoms with van der Waals surface area (Å²) < 4.78 is 10.5. The highest BCUT2D eigenvalue weighted by molar-refractivity contribution is 6.31. The summed E-state index contributed by atoms with van der Waals surface area (Å²) in [5.74, 6) is 1.40. The molecule has 1 fully saturated rings. The number of aliphatic hydroxyl groups excluding tert-OH is 1. The molecule has 20 heavy (non-hydrogen) atoms. The smallest absolute Gasteiger partial charge is 0.162 e. The first kappa shape index (κ1) is 15.5. The molecule has 1 aromatic carbocycles. The van der Waals surface area contributed by atoms with Crippen LogP contribution < -0.4 is 9.47 Å². The Bertz CT molecular complexity index is 485. The quantitative estimate of drug-likeness (QED) is 0.904. The summed E-state index contributed by atoms with van der Waals surface area (Å²) in [6.45, 7) is 4.42. The number of halogens is 1. The van der Waals surface area contributed by atoms with Crippen molar-refractivity contribution in [1.29, 1.82) is 0 Å². The van der Waals surface area contributed by atoms with E-state index >= 15 is 0 Å². The molecule has 0 bridgehead atoms. The highest BCUT2D eigenvalue weighted by Gasteiger charge is 2.40. The number of hydrogen-bond acceptors (Lipinski definition) is 3. The second-order valence-electron chi connectivity index (χ2n) is 6.16. The fourth-order valence-corrected chi connectivity index (χ4v) is 3.52. The first-order chi connectivity index (χ1) is 9.40. The lowest BCUT2D eigenvalue weighted by Gasteiger charge is -2.32. The topological polar surface area (TPSA) is 38.7 Å². The molecule has 0 aliphatic heterocycles. The lowest BCUT2D eigenvalue weighted by Crippen LogP contribution is -2.24. The Hall–Kier alpha value is -0.930. The number of ether oxygens (including phenoxy) is 2. The van der Waals surface area contributed by atoms with Crippen molar-refractivity contribution in [3.05, 3.63) is 22.7 Å². The molecule has 4 heteroatoms. The molecule has 0 spiro atoms. The summed E-state index contributed by atoms with van der Waals surface area (Å²) in [7, 11) is 3.16. The summed E-state index contributed by atoms with van der Waals surface area (Å²) in [6.07, 6.45) is 2.75. The van der Waals surface area contributed by atoms with Crippen LogP contribution in [0.2, 0.25) is 5.02 Å². The lowest BCUT2D eigenvalue weighted by atomic mass is 9.77. The van der Waals surface area contributed by atoms with Crippen molar-refractivity contribution in [3.63, 3.8) is 0 Å². The normalized spacial score (nSPS) is 22.6. The number of benzene rings is 1. The van der Waals surface area contributed by atoms with Crippen LogP contribution in [0, 0.1) is 11.3 Å². The summed E-state index contributed by atoms with van der Waals surface area (Å²) >= 11 is 6.31. The molecule has 0 heterocycles. The molecule has 0 aromatic heterocycles. The van der Waals surface area contributed by atoms with Crippen LogP contribution in [0.3, 0.4) is 0 Å². The molecule has 1 aromatic rings. The molecular formula is C16H23ClO3. The molecule has 112 valence electrons. The fraction of sp³-hybridized carbons (Fsp3) is 0.625. The van der Waals surface area contributed by atoms with Gasteiger partial charge in [-0.05, 0) is 30.2 Å². The minimum absolute atomic E-state index is 0.135. The van der Waals surface area contributed by atoms with Gasteiger partial charge in [-0.15, -0.1) is 0 Å². The molecular weight excluding hydrogens is 276 g/mol. The monoisotopic (exact) mass is 298 g/mol. The van der Waals surface area contributed by atoms with E-state index in [9.17, 15) is 5.11 Å². The Morgan fingerprint density at radius 3 is 2.35 bits per heavy atom. The van der Waals surface area contributed by atoms with E-state index in [1.54, 1.807) is 26.4 Å². The third-order valence-electron chi connectivity index (χ3n) is 4.54. The van der Waals surface area contributed by atoms with Crippen LogP contribution in [0.1, 0.15) is 44.8 Å². The molecule has 0 saturated heterocycles. The Morgan fingerprint density at radius 1 is 1.25 bits per heavy atom. The highest BCUT2D eigenvalue weighted by atomic mass is 35.5. The van der Waals surface area contributed by atoms with Gasteiger partial charge in [0.1, 0.15) is 0 Å². The minimum atomic E-state index is -0.570. The van der Waals surface area contributed by atoms with Gasteiger partial charge in [0.2, 0.25) is 0 Å². The standard InChI is InChI=1S/C16H23ClO3/c1-16(2)7-5-6-11(16)15(18)10-8-13(19-3)14(20-4)9-12(10)17/h8-9,11,15,18H,5-7H2,1-4H3. The van der Waals surface area contributed by atoms with Crippen molar-refractivity contribution >= 4 is 11.6 Å². The number of methoxy groups -OCH3 is 2. The van der Waals surface area contributed by atoms with Crippen molar-refractivity contribution in [2.24, 2.45) is 11.3 Å². The summed E-state index contributed by atoms with van der Waals surface area (Å²) in [6, 6.07) is 3.50. The largest absolute Gasteiger partial charge is 0.493 e. The Kier molecular flexibility index (Phi) is 4.50. The van der Waals surface area contributed by atoms with Gasteiger partial charge in [-0.1, -0.05) is 31.9 Å². The predicted octanol–water partition coefficient (Wildman–Crippen LogP) is 4.22. The fourth-order valence-electron chi connectivity index (χ4n) is 3.25. The van der Waals surface area contributed by atoms with Gasteiger partial charge in [0.15, 0.2) is 11.5 Å². The van der Waals surface area contributed by atoms with E-state index < -0.39 is 6.10 Å². The molecule has 1 aliphatic rings. The van der Waals surface area contributed by atoms with E-state index in [1.807, 2.05) is 0 Å². The van der Waals surface area contributed by atoms with Crippen LogP contribution in [0.25, 0.3) is 0 Å². The van der Waals surface area contributed by atoms with Gasteiger partial charge < -0.3 is 14.6 Å². The SMILES string of the molecule is COc1cc(Cl)c(C(O)C2CCCC2(C)C)cc1OC. The van der Waals surface area contributed by atoms with Gasteiger partial charge >= 0.3 is 0 Å². The molecule has 0 amide bonds. The molecule has 2 unspecified atom stereocenters. The molecule has 3 nitrogen and oxygen atoms in total. The summed E-state index contributed by atoms with van der Waals surface area (Å²) in [5.41, 5.74) is 0.861. The number of hydrogen-bond donors (Lipinski definition) is 1. The Balaban J connectivity index is 2.37. The van der Waals surface area contributed by atoms with Crippen LogP contribution in [-0.4, -0.2) is 19.3 Å². The van der Waals surface area contributed by atoms with Gasteiger partial charge in [-0.25, -0.2) is 0 Å². The van der Waals surface area contributed by atoms with E-state index in [4.69, 9.17) is 21.1 Å². The maximum atomic E-state index is 10.7. The van der Waals surface area contributed by atoms with E-state index in [-0.39, 0.29) is 11.3 Å². The van der Waals surface area contributed by atoms with E-state index in [0.29, 0.717) is 16.5 Å². The molecule has 1 aliphatic carbocycles. The van der Waals surface area contributed by atoms with Gasteiger partial charge in [0.05, 0.1) is 25.3 Å². The summed E-state index contributed by atoms with van der Waals surface area (Å²) in [4.78, 5) is 0. The van der Waals surface area contributed by atoms with Crippen molar-refractivity contribution < 1.29 is 14.6 Å². The van der Waals surface area contributed by atoms with Crippen LogP contribution >= 0.6 is 11.6 Å². The van der Waals surface area contributed by atoms with E-state index in [2.05, 4.69) is 13.8 Å². The van der Waals surface area contributed by atoms with E-state index in [0.717, 1.165) is 24.8 Å². The second kappa shape index (κ2) is 5.82. The first-order valence-corrected chi connectivity index (χ1v) is 7.38. The average molecular weight is 299 g/mol. The third kappa shape index (κ3) is 2.75. The Morgan fingerprint density at radius 2 is 1.85 bits per heavy atom. The van der Waals surface area contributed by atoms with Crippen molar-refractivity contribution in [3.8, 4) is 11.5 Å². The molecule has 2 atom stereocenters. The van der Waals surface area contributed by atoms with Crippen molar-refractivity contribution in [2.75, 3.05) is 14.2 Å². The first-order valence-electron chi connectivity index (χ1n) is 7.00. The maximum absolute atomic E-state index is 10.7. The molecule has 1 N–H and O–H groups in total. The minimum Gasteiger partial charge on any atom is -0.493 e. The van der Waals surface area contributed by atoms with Gasteiger partial charge in [0, 0.05) is 11.6 Å². The second-order valence-corrected chi connectivity index (χ2v) is 6.57. The maximum Gasteiger partial charge on any atom is 0.162 e. The number of rotatable bonds is 4. The molecule has 0 radical (unpaired) electrons. The van der Waals surface area contributed by atoms with Gasteiger partial charge in [-0.2, -0.15) is 0 Å². The van der Waals surface area contributed by atoms with Crippen LogP contribution in [-0.2, 0) is 0 Å².